The van der Waals surface area contributed by atoms with E-state index in [0.717, 1.165) is 0 Å². The Bertz CT molecular complexity index is 736. The van der Waals surface area contributed by atoms with Crippen LogP contribution in [-0.2, 0) is 14.4 Å². The van der Waals surface area contributed by atoms with Gasteiger partial charge in [0, 0.05) is 12.4 Å². The van der Waals surface area contributed by atoms with Crippen molar-refractivity contribution in [1.82, 2.24) is 5.32 Å². The molecule has 0 aliphatic carbocycles. The molecule has 126 valence electrons. The number of nitrogens with zero attached hydrogens (tertiary/aromatic N) is 2. The molecule has 0 saturated heterocycles. The molecule has 1 aromatic carbocycles. The number of carbonyl (C=O) groups is 3. The molecule has 0 saturated carbocycles. The molecule has 0 amide bonds. The maximum Gasteiger partial charge on any atom is 0.374 e. The SMILES string of the molecule is O=C(O)C(=O)C(NC1C=CN(c2ccc(Cl)c(Cl)c2)N=C1)C(=O)O. The average molecular weight is 372 g/mol. The van der Waals surface area contributed by atoms with Crippen molar-refractivity contribution < 1.29 is 24.6 Å². The van der Waals surface area contributed by atoms with E-state index in [-0.39, 0.29) is 0 Å². The second-order valence-corrected chi connectivity index (χ2v) is 5.50. The molecular weight excluding hydrogens is 361 g/mol. The van der Waals surface area contributed by atoms with Crippen molar-refractivity contribution in [2.45, 2.75) is 12.1 Å². The third kappa shape index (κ3) is 4.10. The Kier molecular flexibility index (Phi) is 5.55. The van der Waals surface area contributed by atoms with Gasteiger partial charge in [0.1, 0.15) is 0 Å². The van der Waals surface area contributed by atoms with Crippen molar-refractivity contribution in [3.8, 4) is 0 Å². The van der Waals surface area contributed by atoms with E-state index < -0.39 is 29.8 Å². The minimum Gasteiger partial charge on any atom is -0.480 e. The van der Waals surface area contributed by atoms with Gasteiger partial charge in [-0.3, -0.25) is 14.9 Å². The molecule has 8 nitrogen and oxygen atoms in total. The van der Waals surface area contributed by atoms with Crippen molar-refractivity contribution >= 4 is 52.8 Å². The van der Waals surface area contributed by atoms with Crippen LogP contribution in [0.4, 0.5) is 5.69 Å². The van der Waals surface area contributed by atoms with Gasteiger partial charge in [-0.1, -0.05) is 23.2 Å². The van der Waals surface area contributed by atoms with Crippen LogP contribution in [-0.4, -0.2) is 46.2 Å². The van der Waals surface area contributed by atoms with Gasteiger partial charge >= 0.3 is 11.9 Å². The zero-order valence-corrected chi connectivity index (χ0v) is 13.4. The minimum absolute atomic E-state index is 0.344. The van der Waals surface area contributed by atoms with Crippen molar-refractivity contribution in [2.75, 3.05) is 5.01 Å². The number of carboxylic acid groups (broad SMARTS) is 2. The monoisotopic (exact) mass is 371 g/mol. The number of ketones is 1. The molecule has 1 aliphatic heterocycles. The molecule has 24 heavy (non-hydrogen) atoms. The molecule has 2 atom stereocenters. The first-order valence-electron chi connectivity index (χ1n) is 6.52. The van der Waals surface area contributed by atoms with Crippen LogP contribution in [0, 0.1) is 0 Å². The van der Waals surface area contributed by atoms with Crippen LogP contribution in [0.25, 0.3) is 0 Å². The number of halogens is 2. The van der Waals surface area contributed by atoms with E-state index in [9.17, 15) is 14.4 Å². The second kappa shape index (κ2) is 7.43. The Hall–Kier alpha value is -2.42. The zero-order chi connectivity index (χ0) is 17.9. The lowest BCUT2D eigenvalue weighted by Crippen LogP contribution is -2.51. The molecule has 2 rings (SSSR count). The number of anilines is 1. The smallest absolute Gasteiger partial charge is 0.374 e. The normalized spacial score (nSPS) is 17.6. The summed E-state index contributed by atoms with van der Waals surface area (Å²) in [6, 6.07) is 2.26. The number of rotatable bonds is 6. The van der Waals surface area contributed by atoms with Gasteiger partial charge in [0.05, 0.1) is 21.8 Å². The summed E-state index contributed by atoms with van der Waals surface area (Å²) in [5, 5.41) is 26.2. The molecule has 2 unspecified atom stereocenters. The Balaban J connectivity index is 2.08. The van der Waals surface area contributed by atoms with Gasteiger partial charge in [-0.25, -0.2) is 9.80 Å². The number of benzene rings is 1. The number of hydrogen-bond acceptors (Lipinski definition) is 6. The van der Waals surface area contributed by atoms with Gasteiger partial charge in [-0.2, -0.15) is 5.10 Å². The number of nitrogens with one attached hydrogen (secondary N) is 1. The summed E-state index contributed by atoms with van der Waals surface area (Å²) in [5.41, 5.74) is 0.617. The molecule has 10 heteroatoms. The Labute approximate surface area is 146 Å². The van der Waals surface area contributed by atoms with E-state index >= 15 is 0 Å². The van der Waals surface area contributed by atoms with Crippen LogP contribution in [0.5, 0.6) is 0 Å². The summed E-state index contributed by atoms with van der Waals surface area (Å²) in [6.45, 7) is 0. The molecule has 0 radical (unpaired) electrons. The zero-order valence-electron chi connectivity index (χ0n) is 11.9. The fraction of sp³-hybridized carbons (Fsp3) is 0.143. The summed E-state index contributed by atoms with van der Waals surface area (Å²) >= 11 is 11.8. The number of Topliss-reactive ketones (excluding diaryl/α,β-unsaturated/α-hetero) is 1. The third-order valence-corrected chi connectivity index (χ3v) is 3.77. The lowest BCUT2D eigenvalue weighted by Gasteiger charge is -2.22. The van der Waals surface area contributed by atoms with E-state index in [1.165, 1.54) is 23.5 Å². The van der Waals surface area contributed by atoms with Gasteiger partial charge in [0.25, 0.3) is 5.78 Å². The lowest BCUT2D eigenvalue weighted by atomic mass is 10.1. The second-order valence-electron chi connectivity index (χ2n) is 4.68. The van der Waals surface area contributed by atoms with E-state index in [1.807, 2.05) is 0 Å². The van der Waals surface area contributed by atoms with Crippen LogP contribution in [0.3, 0.4) is 0 Å². The summed E-state index contributed by atoms with van der Waals surface area (Å²) in [7, 11) is 0. The van der Waals surface area contributed by atoms with Crippen molar-refractivity contribution in [2.24, 2.45) is 5.10 Å². The molecule has 3 N–H and O–H groups in total. The van der Waals surface area contributed by atoms with Crippen molar-refractivity contribution in [1.29, 1.82) is 0 Å². The standard InChI is InChI=1S/C14H11Cl2N3O5/c15-9-2-1-8(5-10(9)16)19-4-3-7(6-17-19)18-11(13(21)22)12(20)14(23)24/h1-7,11,18H,(H,21,22)(H,23,24). The molecule has 0 fully saturated rings. The van der Waals surface area contributed by atoms with E-state index in [2.05, 4.69) is 10.4 Å². The summed E-state index contributed by atoms with van der Waals surface area (Å²) in [5.74, 6) is -4.88. The highest BCUT2D eigenvalue weighted by atomic mass is 35.5. The number of hydrogen-bond donors (Lipinski definition) is 3. The highest BCUT2D eigenvalue weighted by molar-refractivity contribution is 6.42. The Morgan fingerprint density at radius 2 is 1.92 bits per heavy atom. The number of carbonyl (C=O) groups excluding carboxylic acids is 1. The molecule has 1 aromatic rings. The molecule has 0 aromatic heterocycles. The van der Waals surface area contributed by atoms with Crippen LogP contribution < -0.4 is 10.3 Å². The maximum absolute atomic E-state index is 11.4. The fourth-order valence-corrected chi connectivity index (χ4v) is 2.15. The summed E-state index contributed by atoms with van der Waals surface area (Å²) in [4.78, 5) is 33.0. The number of aliphatic carboxylic acids is 2. The minimum atomic E-state index is -1.87. The summed E-state index contributed by atoms with van der Waals surface area (Å²) < 4.78 is 0. The quantitative estimate of drug-likeness (QED) is 0.510. The molecule has 0 bridgehead atoms. The lowest BCUT2D eigenvalue weighted by molar-refractivity contribution is -0.155. The highest BCUT2D eigenvalue weighted by Crippen LogP contribution is 2.28. The van der Waals surface area contributed by atoms with Gasteiger partial charge in [0.15, 0.2) is 6.04 Å². The van der Waals surface area contributed by atoms with E-state index in [4.69, 9.17) is 33.4 Å². The largest absolute Gasteiger partial charge is 0.480 e. The average Bonchev–Trinajstić information content (AvgIpc) is 2.54. The Morgan fingerprint density at radius 3 is 2.42 bits per heavy atom. The molecule has 1 heterocycles. The first-order valence-corrected chi connectivity index (χ1v) is 7.28. The van der Waals surface area contributed by atoms with Crippen molar-refractivity contribution in [3.05, 3.63) is 40.5 Å². The molecule has 1 aliphatic rings. The van der Waals surface area contributed by atoms with Gasteiger partial charge in [-0.05, 0) is 24.3 Å². The van der Waals surface area contributed by atoms with Crippen LogP contribution in [0.15, 0.2) is 35.6 Å². The number of carboxylic acids is 2. The van der Waals surface area contributed by atoms with Crippen molar-refractivity contribution in [3.63, 3.8) is 0 Å². The first-order chi connectivity index (χ1) is 11.3. The first kappa shape index (κ1) is 17.9. The molecule has 0 spiro atoms. The summed E-state index contributed by atoms with van der Waals surface area (Å²) in [6.07, 6.45) is 4.36. The third-order valence-electron chi connectivity index (χ3n) is 3.03. The maximum atomic E-state index is 11.4. The topological polar surface area (TPSA) is 119 Å². The predicted octanol–water partition coefficient (Wildman–Crippen LogP) is 1.38. The fourth-order valence-electron chi connectivity index (χ4n) is 1.86. The molecular formula is C14H11Cl2N3O5. The van der Waals surface area contributed by atoms with Crippen LogP contribution >= 0.6 is 23.2 Å². The van der Waals surface area contributed by atoms with E-state index in [1.54, 1.807) is 18.2 Å². The van der Waals surface area contributed by atoms with Crippen LogP contribution in [0.1, 0.15) is 0 Å². The van der Waals surface area contributed by atoms with Gasteiger partial charge in [0.2, 0.25) is 0 Å². The predicted molar refractivity (Wildman–Crippen MR) is 87.6 cm³/mol. The van der Waals surface area contributed by atoms with E-state index in [0.29, 0.717) is 15.7 Å². The van der Waals surface area contributed by atoms with Gasteiger partial charge in [-0.15, -0.1) is 0 Å². The Morgan fingerprint density at radius 1 is 1.21 bits per heavy atom. The highest BCUT2D eigenvalue weighted by Gasteiger charge is 2.32. The van der Waals surface area contributed by atoms with Crippen LogP contribution in [0.2, 0.25) is 10.0 Å². The number of hydrazone groups is 1. The van der Waals surface area contributed by atoms with Gasteiger partial charge < -0.3 is 10.2 Å².